The Kier molecular flexibility index (Phi) is 4.70. The van der Waals surface area contributed by atoms with Gasteiger partial charge >= 0.3 is 0 Å². The van der Waals surface area contributed by atoms with Crippen molar-refractivity contribution in [1.29, 1.82) is 0 Å². The first-order chi connectivity index (χ1) is 11.2. The van der Waals surface area contributed by atoms with E-state index in [0.29, 0.717) is 10.2 Å². The molecule has 0 aromatic heterocycles. The van der Waals surface area contributed by atoms with Crippen molar-refractivity contribution >= 4 is 50.0 Å². The van der Waals surface area contributed by atoms with Crippen LogP contribution in [-0.4, -0.2) is 42.3 Å². The van der Waals surface area contributed by atoms with E-state index in [2.05, 4.69) is 4.99 Å². The van der Waals surface area contributed by atoms with Gasteiger partial charge in [-0.05, 0) is 24.6 Å². The fourth-order valence-corrected chi connectivity index (χ4v) is 6.92. The smallest absolute Gasteiger partial charge is 0.250 e. The zero-order valence-electron chi connectivity index (χ0n) is 13.7. The average Bonchev–Trinajstić information content (AvgIpc) is 2.93. The molecule has 0 unspecified atom stereocenters. The van der Waals surface area contributed by atoms with Gasteiger partial charge in [-0.1, -0.05) is 43.3 Å². The molecule has 0 radical (unpaired) electrons. The van der Waals surface area contributed by atoms with Crippen molar-refractivity contribution in [3.05, 3.63) is 28.8 Å². The van der Waals surface area contributed by atoms with Crippen LogP contribution in [0.15, 0.2) is 23.2 Å². The lowest BCUT2D eigenvalue weighted by molar-refractivity contribution is -0.120. The first kappa shape index (κ1) is 17.8. The topological polar surface area (TPSA) is 66.8 Å². The second-order valence-corrected chi connectivity index (χ2v) is 10.3. The van der Waals surface area contributed by atoms with E-state index in [1.165, 1.54) is 11.8 Å². The molecule has 2 aliphatic rings. The lowest BCUT2D eigenvalue weighted by atomic mass is 10.1. The summed E-state index contributed by atoms with van der Waals surface area (Å²) >= 11 is 7.61. The predicted octanol–water partition coefficient (Wildman–Crippen LogP) is 2.91. The molecule has 2 aliphatic heterocycles. The Balaban J connectivity index is 2.04. The van der Waals surface area contributed by atoms with Gasteiger partial charge in [0.15, 0.2) is 15.0 Å². The van der Waals surface area contributed by atoms with E-state index in [-0.39, 0.29) is 34.6 Å². The first-order valence-electron chi connectivity index (χ1n) is 7.73. The van der Waals surface area contributed by atoms with Crippen molar-refractivity contribution in [1.82, 2.24) is 0 Å². The second kappa shape index (κ2) is 6.35. The van der Waals surface area contributed by atoms with Crippen molar-refractivity contribution in [3.63, 3.8) is 0 Å². The van der Waals surface area contributed by atoms with E-state index in [1.807, 2.05) is 24.0 Å². The molecule has 2 fully saturated rings. The van der Waals surface area contributed by atoms with Crippen LogP contribution in [0.25, 0.3) is 0 Å². The molecule has 2 saturated heterocycles. The summed E-state index contributed by atoms with van der Waals surface area (Å²) in [4.78, 5) is 18.2. The van der Waals surface area contributed by atoms with Crippen LogP contribution in [0.3, 0.4) is 0 Å². The van der Waals surface area contributed by atoms with Gasteiger partial charge in [-0.15, -0.1) is 0 Å². The SMILES string of the molecule is Cc1ccc(N2C(=NC(=O)C(C)C)S[C@@H]3CS(=O)(=O)C[C@H]32)cc1Cl. The largest absolute Gasteiger partial charge is 0.316 e. The minimum absolute atomic E-state index is 0.0745. The maximum Gasteiger partial charge on any atom is 0.250 e. The molecule has 0 spiro atoms. The number of halogens is 1. The third-order valence-electron chi connectivity index (χ3n) is 4.20. The van der Waals surface area contributed by atoms with Gasteiger partial charge in [0.25, 0.3) is 5.91 Å². The highest BCUT2D eigenvalue weighted by Gasteiger charge is 2.49. The average molecular weight is 387 g/mol. The Morgan fingerprint density at radius 1 is 1.38 bits per heavy atom. The van der Waals surface area contributed by atoms with E-state index in [0.717, 1.165) is 11.3 Å². The number of aryl methyl sites for hydroxylation is 1. The van der Waals surface area contributed by atoms with Gasteiger partial charge in [-0.25, -0.2) is 8.42 Å². The molecule has 1 amide bonds. The fraction of sp³-hybridized carbons (Fsp3) is 0.500. The molecular formula is C16H19ClN2O3S2. The van der Waals surface area contributed by atoms with E-state index in [9.17, 15) is 13.2 Å². The summed E-state index contributed by atoms with van der Waals surface area (Å²) in [5, 5.41) is 1.07. The minimum atomic E-state index is -3.07. The summed E-state index contributed by atoms with van der Waals surface area (Å²) in [7, 11) is -3.07. The number of aliphatic imine (C=N–C) groups is 1. The van der Waals surface area contributed by atoms with E-state index in [1.54, 1.807) is 19.9 Å². The highest BCUT2D eigenvalue weighted by molar-refractivity contribution is 8.16. The zero-order chi connectivity index (χ0) is 17.6. The Labute approximate surface area is 151 Å². The number of carbonyl (C=O) groups excluding carboxylic acids is 1. The summed E-state index contributed by atoms with van der Waals surface area (Å²) in [5.74, 6) is -0.215. The summed E-state index contributed by atoms with van der Waals surface area (Å²) in [6.07, 6.45) is 0. The van der Waals surface area contributed by atoms with Gasteiger partial charge in [0.05, 0.1) is 17.5 Å². The number of thioether (sulfide) groups is 1. The zero-order valence-corrected chi connectivity index (χ0v) is 16.1. The lowest BCUT2D eigenvalue weighted by Gasteiger charge is -2.25. The predicted molar refractivity (Wildman–Crippen MR) is 99.8 cm³/mol. The highest BCUT2D eigenvalue weighted by atomic mass is 35.5. The summed E-state index contributed by atoms with van der Waals surface area (Å²) in [6.45, 7) is 5.50. The van der Waals surface area contributed by atoms with Crippen molar-refractivity contribution < 1.29 is 13.2 Å². The summed E-state index contributed by atoms with van der Waals surface area (Å²) in [6, 6.07) is 5.38. The number of carbonyl (C=O) groups is 1. The molecule has 24 heavy (non-hydrogen) atoms. The number of amidine groups is 1. The summed E-state index contributed by atoms with van der Waals surface area (Å²) in [5.41, 5.74) is 1.72. The second-order valence-electron chi connectivity index (χ2n) is 6.49. The number of fused-ring (bicyclic) bond motifs is 1. The maximum atomic E-state index is 12.1. The Bertz CT molecular complexity index is 821. The van der Waals surface area contributed by atoms with Gasteiger partial charge < -0.3 is 4.90 Å². The van der Waals surface area contributed by atoms with Gasteiger partial charge in [-0.2, -0.15) is 4.99 Å². The molecule has 0 N–H and O–H groups in total. The first-order valence-corrected chi connectivity index (χ1v) is 10.8. The molecular weight excluding hydrogens is 368 g/mol. The van der Waals surface area contributed by atoms with Crippen LogP contribution in [0, 0.1) is 12.8 Å². The maximum absolute atomic E-state index is 12.1. The van der Waals surface area contributed by atoms with Crippen molar-refractivity contribution in [2.75, 3.05) is 16.4 Å². The molecule has 1 aromatic rings. The van der Waals surface area contributed by atoms with Gasteiger partial charge in [0, 0.05) is 21.9 Å². The fourth-order valence-electron chi connectivity index (χ4n) is 2.82. The van der Waals surface area contributed by atoms with Crippen LogP contribution in [-0.2, 0) is 14.6 Å². The standard InChI is InChI=1S/C16H19ClN2O3S2/c1-9(2)15(20)18-16-19(11-5-4-10(3)12(17)6-11)13-7-24(21,22)8-14(13)23-16/h4-6,9,13-14H,7-8H2,1-3H3/t13-,14-/m1/s1. The van der Waals surface area contributed by atoms with E-state index < -0.39 is 9.84 Å². The molecule has 8 heteroatoms. The monoisotopic (exact) mass is 386 g/mol. The lowest BCUT2D eigenvalue weighted by Crippen LogP contribution is -2.37. The van der Waals surface area contributed by atoms with Crippen molar-refractivity contribution in [2.45, 2.75) is 32.1 Å². The Morgan fingerprint density at radius 3 is 2.71 bits per heavy atom. The van der Waals surface area contributed by atoms with Crippen LogP contribution in [0.2, 0.25) is 5.02 Å². The molecule has 130 valence electrons. The van der Waals surface area contributed by atoms with Crippen LogP contribution in [0.4, 0.5) is 5.69 Å². The van der Waals surface area contributed by atoms with Crippen LogP contribution in [0.5, 0.6) is 0 Å². The van der Waals surface area contributed by atoms with Crippen molar-refractivity contribution in [3.8, 4) is 0 Å². The number of benzene rings is 1. The quantitative estimate of drug-likeness (QED) is 0.781. The van der Waals surface area contributed by atoms with Gasteiger partial charge in [0.2, 0.25) is 0 Å². The molecule has 3 rings (SSSR count). The molecule has 0 aliphatic carbocycles. The number of hydrogen-bond donors (Lipinski definition) is 0. The third-order valence-corrected chi connectivity index (χ3v) is 7.82. The minimum Gasteiger partial charge on any atom is -0.316 e. The molecule has 2 heterocycles. The Morgan fingerprint density at radius 2 is 2.08 bits per heavy atom. The van der Waals surface area contributed by atoms with Gasteiger partial charge in [-0.3, -0.25) is 4.79 Å². The van der Waals surface area contributed by atoms with Crippen LogP contribution in [0.1, 0.15) is 19.4 Å². The van der Waals surface area contributed by atoms with E-state index in [4.69, 9.17) is 11.6 Å². The van der Waals surface area contributed by atoms with E-state index >= 15 is 0 Å². The third kappa shape index (κ3) is 3.34. The van der Waals surface area contributed by atoms with Crippen LogP contribution < -0.4 is 4.90 Å². The van der Waals surface area contributed by atoms with Gasteiger partial charge in [0.1, 0.15) is 0 Å². The molecule has 0 saturated carbocycles. The number of amides is 1. The number of nitrogens with zero attached hydrogens (tertiary/aromatic N) is 2. The summed E-state index contributed by atoms with van der Waals surface area (Å²) < 4.78 is 24.0. The normalized spacial score (nSPS) is 27.0. The molecule has 0 bridgehead atoms. The number of hydrogen-bond acceptors (Lipinski definition) is 4. The Hall–Kier alpha value is -1.05. The molecule has 2 atom stereocenters. The number of rotatable bonds is 2. The number of sulfone groups is 1. The number of anilines is 1. The van der Waals surface area contributed by atoms with Crippen molar-refractivity contribution in [2.24, 2.45) is 10.9 Å². The highest BCUT2D eigenvalue weighted by Crippen LogP contribution is 2.41. The van der Waals surface area contributed by atoms with Crippen LogP contribution >= 0.6 is 23.4 Å². The molecule has 1 aromatic carbocycles. The molecule has 5 nitrogen and oxygen atoms in total.